The predicted octanol–water partition coefficient (Wildman–Crippen LogP) is 3.22. The van der Waals surface area contributed by atoms with E-state index in [1.165, 1.54) is 11.8 Å². The Morgan fingerprint density at radius 3 is 2.73 bits per heavy atom. The van der Waals surface area contributed by atoms with E-state index in [9.17, 15) is 14.4 Å². The van der Waals surface area contributed by atoms with Crippen LogP contribution in [0.3, 0.4) is 0 Å². The molecule has 3 aromatic rings. The van der Waals surface area contributed by atoms with Gasteiger partial charge >= 0.3 is 12.0 Å². The van der Waals surface area contributed by atoms with Crippen molar-refractivity contribution < 1.29 is 14.3 Å². The van der Waals surface area contributed by atoms with Gasteiger partial charge in [-0.25, -0.2) is 14.6 Å². The number of carbonyl (C=O) groups is 2. The second-order valence-corrected chi connectivity index (χ2v) is 8.56. The maximum atomic E-state index is 13.5. The molecule has 2 heterocycles. The molecule has 0 atom stereocenters. The number of carbonyl (C=O) groups excluding carboxylic acids is 2. The number of fused-ring (bicyclic) bond motifs is 1. The summed E-state index contributed by atoms with van der Waals surface area (Å²) in [7, 11) is 0. The number of nitrogens with zero attached hydrogens (tertiary/aromatic N) is 2. The molecule has 0 aliphatic carbocycles. The van der Waals surface area contributed by atoms with Gasteiger partial charge in [-0.1, -0.05) is 41.6 Å². The lowest BCUT2D eigenvalue weighted by Gasteiger charge is -2.21. The lowest BCUT2D eigenvalue weighted by molar-refractivity contribution is -0.138. The molecule has 2 amide bonds. The van der Waals surface area contributed by atoms with Gasteiger partial charge in [0.25, 0.3) is 5.56 Å². The van der Waals surface area contributed by atoms with E-state index >= 15 is 0 Å². The molecule has 0 bridgehead atoms. The molecule has 8 nitrogen and oxygen atoms in total. The summed E-state index contributed by atoms with van der Waals surface area (Å²) in [6, 6.07) is 12.7. The van der Waals surface area contributed by atoms with E-state index in [0.717, 1.165) is 16.8 Å². The molecule has 0 saturated carbocycles. The van der Waals surface area contributed by atoms with Crippen LogP contribution in [0.4, 0.5) is 4.79 Å². The van der Waals surface area contributed by atoms with Gasteiger partial charge in [-0.15, -0.1) is 0 Å². The zero-order chi connectivity index (χ0) is 23.5. The third kappa shape index (κ3) is 4.63. The minimum atomic E-state index is -0.487. The van der Waals surface area contributed by atoms with Crippen molar-refractivity contribution >= 4 is 34.7 Å². The number of hydrogen-bond acceptors (Lipinski definition) is 6. The first kappa shape index (κ1) is 22.6. The molecule has 1 aliphatic rings. The zero-order valence-corrected chi connectivity index (χ0v) is 19.4. The van der Waals surface area contributed by atoms with Gasteiger partial charge in [0.1, 0.15) is 0 Å². The minimum Gasteiger partial charge on any atom is -0.463 e. The van der Waals surface area contributed by atoms with Gasteiger partial charge in [-0.3, -0.25) is 9.36 Å². The molecular weight excluding hydrogens is 440 g/mol. The monoisotopic (exact) mass is 464 g/mol. The number of aryl methyl sites for hydroxylation is 2. The molecule has 0 radical (unpaired) electrons. The first-order chi connectivity index (χ1) is 15.9. The summed E-state index contributed by atoms with van der Waals surface area (Å²) < 4.78 is 6.72. The third-order valence-corrected chi connectivity index (χ3v) is 6.23. The average molecular weight is 465 g/mol. The first-order valence-electron chi connectivity index (χ1n) is 10.5. The molecule has 170 valence electrons. The molecule has 1 aliphatic heterocycles. The first-order valence-corrected chi connectivity index (χ1v) is 11.5. The van der Waals surface area contributed by atoms with Crippen molar-refractivity contribution in [1.82, 2.24) is 20.2 Å². The van der Waals surface area contributed by atoms with Crippen molar-refractivity contribution in [3.8, 4) is 5.69 Å². The third-order valence-electron chi connectivity index (χ3n) is 5.26. The number of para-hydroxylation sites is 1. The number of ether oxygens (including phenoxy) is 1. The summed E-state index contributed by atoms with van der Waals surface area (Å²) in [5.41, 5.74) is 3.97. The molecule has 0 saturated heterocycles. The number of amides is 2. The highest BCUT2D eigenvalue weighted by Gasteiger charge is 2.24. The Bertz CT molecular complexity index is 1350. The summed E-state index contributed by atoms with van der Waals surface area (Å²) in [4.78, 5) is 42.5. The Morgan fingerprint density at radius 1 is 1.18 bits per heavy atom. The summed E-state index contributed by atoms with van der Waals surface area (Å²) >= 11 is 1.28. The quantitative estimate of drug-likeness (QED) is 0.330. The highest BCUT2D eigenvalue weighted by Crippen LogP contribution is 2.26. The number of aromatic nitrogens is 2. The maximum Gasteiger partial charge on any atom is 0.337 e. The van der Waals surface area contributed by atoms with Crippen molar-refractivity contribution in [2.75, 3.05) is 18.9 Å². The van der Waals surface area contributed by atoms with Gasteiger partial charge in [-0.05, 0) is 44.5 Å². The predicted molar refractivity (Wildman–Crippen MR) is 128 cm³/mol. The van der Waals surface area contributed by atoms with Crippen LogP contribution in [0.2, 0.25) is 0 Å². The molecule has 1 aromatic heterocycles. The van der Waals surface area contributed by atoms with E-state index in [1.54, 1.807) is 23.6 Å². The minimum absolute atomic E-state index is 0.0790. The largest absolute Gasteiger partial charge is 0.463 e. The highest BCUT2D eigenvalue weighted by atomic mass is 32.2. The van der Waals surface area contributed by atoms with Crippen LogP contribution in [0.25, 0.3) is 16.6 Å². The standard InChI is InChI=1S/C24H24N4O4S/c1-4-32-22(30)17-12-25-23(31)26-19(17)13-33-24-27-18-8-6-5-7-16(18)21(29)28(24)20-10-9-14(2)11-15(20)3/h5-11H,4,12-13H2,1-3H3,(H2,25,26,31). The van der Waals surface area contributed by atoms with Crippen LogP contribution in [0.15, 0.2) is 63.7 Å². The number of esters is 1. The van der Waals surface area contributed by atoms with Crippen LogP contribution >= 0.6 is 11.8 Å². The van der Waals surface area contributed by atoms with Crippen molar-refractivity contribution in [3.05, 3.63) is 75.2 Å². The molecule has 33 heavy (non-hydrogen) atoms. The molecule has 2 N–H and O–H groups in total. The van der Waals surface area contributed by atoms with Gasteiger partial charge in [0.2, 0.25) is 0 Å². The van der Waals surface area contributed by atoms with Gasteiger partial charge in [0.15, 0.2) is 5.16 Å². The van der Waals surface area contributed by atoms with Gasteiger partial charge in [0.05, 0.1) is 35.3 Å². The SMILES string of the molecule is CCOC(=O)C1=C(CSc2nc3ccccc3c(=O)n2-c2ccc(C)cc2C)NC(=O)NC1. The van der Waals surface area contributed by atoms with Crippen LogP contribution in [-0.4, -0.2) is 40.5 Å². The van der Waals surface area contributed by atoms with E-state index in [-0.39, 0.29) is 24.5 Å². The maximum absolute atomic E-state index is 13.5. The number of hydrogen-bond donors (Lipinski definition) is 2. The van der Waals surface area contributed by atoms with Crippen molar-refractivity contribution in [2.24, 2.45) is 0 Å². The van der Waals surface area contributed by atoms with Crippen molar-refractivity contribution in [1.29, 1.82) is 0 Å². The Kier molecular flexibility index (Phi) is 6.50. The van der Waals surface area contributed by atoms with Gasteiger partial charge in [0, 0.05) is 11.4 Å². The average Bonchev–Trinajstić information content (AvgIpc) is 2.79. The topological polar surface area (TPSA) is 102 Å². The number of rotatable bonds is 6. The molecule has 2 aromatic carbocycles. The lowest BCUT2D eigenvalue weighted by Crippen LogP contribution is -2.44. The fourth-order valence-electron chi connectivity index (χ4n) is 3.68. The smallest absolute Gasteiger partial charge is 0.337 e. The van der Waals surface area contributed by atoms with E-state index in [2.05, 4.69) is 10.6 Å². The highest BCUT2D eigenvalue weighted by molar-refractivity contribution is 7.99. The molecule has 0 fully saturated rings. The van der Waals surface area contributed by atoms with Crippen LogP contribution in [-0.2, 0) is 9.53 Å². The summed E-state index contributed by atoms with van der Waals surface area (Å²) in [5, 5.41) is 6.28. The summed E-state index contributed by atoms with van der Waals surface area (Å²) in [5.74, 6) is -0.254. The van der Waals surface area contributed by atoms with Crippen molar-refractivity contribution in [3.63, 3.8) is 0 Å². The molecule has 4 rings (SSSR count). The molecule has 9 heteroatoms. The van der Waals surface area contributed by atoms with Gasteiger partial charge in [-0.2, -0.15) is 0 Å². The zero-order valence-electron chi connectivity index (χ0n) is 18.6. The molecule has 0 spiro atoms. The van der Waals surface area contributed by atoms with Crippen molar-refractivity contribution in [2.45, 2.75) is 25.9 Å². The Morgan fingerprint density at radius 2 is 1.97 bits per heavy atom. The van der Waals surface area contributed by atoms with E-state index in [1.807, 2.05) is 44.2 Å². The van der Waals surface area contributed by atoms with Crippen LogP contribution in [0, 0.1) is 13.8 Å². The number of nitrogens with one attached hydrogen (secondary N) is 2. The molecular formula is C24H24N4O4S. The number of benzene rings is 2. The summed E-state index contributed by atoms with van der Waals surface area (Å²) in [6.07, 6.45) is 0. The Labute approximate surface area is 195 Å². The number of thioether (sulfide) groups is 1. The van der Waals surface area contributed by atoms with Crippen LogP contribution < -0.4 is 16.2 Å². The fraction of sp³-hybridized carbons (Fsp3) is 0.250. The van der Waals surface area contributed by atoms with E-state index in [4.69, 9.17) is 9.72 Å². The summed E-state index contributed by atoms with van der Waals surface area (Å²) in [6.45, 7) is 5.98. The lowest BCUT2D eigenvalue weighted by atomic mass is 10.1. The normalized spacial score (nSPS) is 13.6. The van der Waals surface area contributed by atoms with Crippen LogP contribution in [0.5, 0.6) is 0 Å². The number of urea groups is 1. The Balaban J connectivity index is 1.81. The second-order valence-electron chi connectivity index (χ2n) is 7.62. The van der Waals surface area contributed by atoms with E-state index < -0.39 is 12.0 Å². The Hall–Kier alpha value is -3.59. The second kappa shape index (κ2) is 9.50. The fourth-order valence-corrected chi connectivity index (χ4v) is 4.68. The molecule has 0 unspecified atom stereocenters. The van der Waals surface area contributed by atoms with Crippen LogP contribution in [0.1, 0.15) is 18.1 Å². The van der Waals surface area contributed by atoms with E-state index in [0.29, 0.717) is 27.3 Å². The van der Waals surface area contributed by atoms with Gasteiger partial charge < -0.3 is 15.4 Å².